The van der Waals surface area contributed by atoms with Crippen LogP contribution in [0.2, 0.25) is 0 Å². The second kappa shape index (κ2) is 8.47. The van der Waals surface area contributed by atoms with Crippen molar-refractivity contribution in [1.82, 2.24) is 10.2 Å². The van der Waals surface area contributed by atoms with Crippen molar-refractivity contribution in [3.05, 3.63) is 42.4 Å². The van der Waals surface area contributed by atoms with E-state index in [1.165, 1.54) is 12.1 Å². The number of H-pyrrole nitrogens is 1. The van der Waals surface area contributed by atoms with Crippen LogP contribution < -0.4 is 15.5 Å². The number of hydrogen-bond donors (Lipinski definition) is 2. The Morgan fingerprint density at radius 2 is 1.81 bits per heavy atom. The van der Waals surface area contributed by atoms with E-state index < -0.39 is 5.91 Å². The lowest BCUT2D eigenvalue weighted by atomic mass is 9.99. The van der Waals surface area contributed by atoms with Gasteiger partial charge in [-0.15, -0.1) is 0 Å². The Morgan fingerprint density at radius 1 is 1.00 bits per heavy atom. The van der Waals surface area contributed by atoms with Crippen LogP contribution in [0.15, 0.2) is 41.1 Å². The number of nitrogens with two attached hydrogens (primary N) is 1. The molecule has 1 amide bonds. The summed E-state index contributed by atoms with van der Waals surface area (Å²) in [6, 6.07) is 8.33. The van der Waals surface area contributed by atoms with Crippen molar-refractivity contribution in [3.63, 3.8) is 0 Å². The smallest absolute Gasteiger partial charge is 0.285 e. The van der Waals surface area contributed by atoms with Crippen LogP contribution in [0.25, 0.3) is 22.5 Å². The van der Waals surface area contributed by atoms with Crippen LogP contribution >= 0.6 is 0 Å². The molecule has 8 heteroatoms. The molecule has 162 valence electrons. The number of aromatic amines is 1. The highest BCUT2D eigenvalue weighted by Gasteiger charge is 2.25. The Labute approximate surface area is 181 Å². The Balaban J connectivity index is 1.61. The van der Waals surface area contributed by atoms with E-state index in [9.17, 15) is 4.79 Å². The highest BCUT2D eigenvalue weighted by atomic mass is 16.5. The number of hydrogen-bond acceptors (Lipinski definition) is 6. The number of carbonyl (C=O) groups excluding carboxylic acids is 1. The van der Waals surface area contributed by atoms with Crippen molar-refractivity contribution in [2.45, 2.75) is 19.3 Å². The van der Waals surface area contributed by atoms with Crippen LogP contribution in [-0.2, 0) is 4.74 Å². The molecule has 31 heavy (non-hydrogen) atoms. The van der Waals surface area contributed by atoms with E-state index in [0.717, 1.165) is 74.6 Å². The molecule has 3 aromatic rings. The number of morpholine rings is 1. The van der Waals surface area contributed by atoms with Gasteiger partial charge in [0.2, 0.25) is 0 Å². The summed E-state index contributed by atoms with van der Waals surface area (Å²) in [7, 11) is 0. The molecule has 8 nitrogen and oxygen atoms in total. The summed E-state index contributed by atoms with van der Waals surface area (Å²) in [6.45, 7) is 5.23. The summed E-state index contributed by atoms with van der Waals surface area (Å²) in [5.74, 6) is 0.166. The molecule has 5 rings (SSSR count). The number of furan rings is 1. The fourth-order valence-corrected chi connectivity index (χ4v) is 4.46. The van der Waals surface area contributed by atoms with Crippen LogP contribution in [-0.4, -0.2) is 55.5 Å². The molecule has 2 aromatic heterocycles. The molecule has 0 unspecified atom stereocenters. The predicted molar refractivity (Wildman–Crippen MR) is 119 cm³/mol. The minimum absolute atomic E-state index is 0.175. The third-order valence-electron chi connectivity index (χ3n) is 6.08. The lowest BCUT2D eigenvalue weighted by molar-refractivity contribution is 0.0975. The molecule has 2 fully saturated rings. The molecule has 1 aromatic carbocycles. The van der Waals surface area contributed by atoms with Gasteiger partial charge in [0.1, 0.15) is 5.76 Å². The summed E-state index contributed by atoms with van der Waals surface area (Å²) >= 11 is 0. The van der Waals surface area contributed by atoms with Gasteiger partial charge in [-0.2, -0.15) is 5.10 Å². The number of carbonyl (C=O) groups is 1. The van der Waals surface area contributed by atoms with Gasteiger partial charge in [-0.3, -0.25) is 9.89 Å². The topological polar surface area (TPSA) is 101 Å². The number of primary amides is 1. The molecule has 4 heterocycles. The van der Waals surface area contributed by atoms with Gasteiger partial charge in [0.05, 0.1) is 25.0 Å². The van der Waals surface area contributed by atoms with Gasteiger partial charge in [0, 0.05) is 54.9 Å². The number of amides is 1. The normalized spacial score (nSPS) is 17.2. The summed E-state index contributed by atoms with van der Waals surface area (Å²) in [4.78, 5) is 17.0. The number of ether oxygens (including phenoxy) is 1. The number of anilines is 2. The van der Waals surface area contributed by atoms with Gasteiger partial charge < -0.3 is 24.7 Å². The van der Waals surface area contributed by atoms with Crippen LogP contribution in [0.3, 0.4) is 0 Å². The molecule has 2 saturated heterocycles. The van der Waals surface area contributed by atoms with E-state index in [0.29, 0.717) is 5.76 Å². The fraction of sp³-hybridized carbons (Fsp3) is 0.391. The van der Waals surface area contributed by atoms with Crippen molar-refractivity contribution >= 4 is 17.3 Å². The third-order valence-corrected chi connectivity index (χ3v) is 6.08. The molecular weight excluding hydrogens is 394 g/mol. The van der Waals surface area contributed by atoms with Crippen molar-refractivity contribution in [2.24, 2.45) is 5.73 Å². The number of benzene rings is 1. The van der Waals surface area contributed by atoms with Gasteiger partial charge in [-0.1, -0.05) is 6.07 Å². The molecule has 3 N–H and O–H groups in total. The quantitative estimate of drug-likeness (QED) is 0.656. The SMILES string of the molecule is NC(=O)c1oc(-c2cn[nH]c2)cc1-c1ccc(N2CCOCC2)cc1N1CCCCC1. The highest BCUT2D eigenvalue weighted by molar-refractivity contribution is 6.00. The Morgan fingerprint density at radius 3 is 2.52 bits per heavy atom. The second-order valence-electron chi connectivity index (χ2n) is 8.05. The van der Waals surface area contributed by atoms with Crippen molar-refractivity contribution < 1.29 is 13.9 Å². The van der Waals surface area contributed by atoms with Gasteiger partial charge in [0.25, 0.3) is 5.91 Å². The Bertz CT molecular complexity index is 1050. The van der Waals surface area contributed by atoms with Gasteiger partial charge >= 0.3 is 0 Å². The minimum atomic E-state index is -0.577. The van der Waals surface area contributed by atoms with Gasteiger partial charge in [0.15, 0.2) is 5.76 Å². The van der Waals surface area contributed by atoms with Crippen LogP contribution in [0.5, 0.6) is 0 Å². The lowest BCUT2D eigenvalue weighted by Gasteiger charge is -2.33. The first-order chi connectivity index (χ1) is 15.2. The summed E-state index contributed by atoms with van der Waals surface area (Å²) in [6.07, 6.45) is 6.98. The standard InChI is InChI=1S/C23H27N5O3/c24-23(29)22-19(13-21(31-22)16-14-25-26-15-16)18-5-4-17(27-8-10-30-11-9-27)12-20(18)28-6-2-1-3-7-28/h4-5,12-15H,1-3,6-11H2,(H2,24,29)(H,25,26). The zero-order valence-electron chi connectivity index (χ0n) is 17.5. The van der Waals surface area contributed by atoms with E-state index in [1.54, 1.807) is 12.4 Å². The largest absolute Gasteiger partial charge is 0.450 e. The first-order valence-electron chi connectivity index (χ1n) is 10.9. The molecule has 0 atom stereocenters. The first kappa shape index (κ1) is 19.7. The van der Waals surface area contributed by atoms with Crippen molar-refractivity contribution in [3.8, 4) is 22.5 Å². The average molecular weight is 422 g/mol. The zero-order valence-corrected chi connectivity index (χ0v) is 17.5. The van der Waals surface area contributed by atoms with E-state index in [-0.39, 0.29) is 5.76 Å². The summed E-state index contributed by atoms with van der Waals surface area (Å²) in [5.41, 5.74) is 10.5. The Hall–Kier alpha value is -3.26. The number of rotatable bonds is 5. The van der Waals surface area contributed by atoms with E-state index in [4.69, 9.17) is 14.9 Å². The second-order valence-corrected chi connectivity index (χ2v) is 8.05. The van der Waals surface area contributed by atoms with Gasteiger partial charge in [-0.25, -0.2) is 0 Å². The molecule has 0 saturated carbocycles. The number of piperidine rings is 1. The zero-order chi connectivity index (χ0) is 21.2. The number of nitrogens with zero attached hydrogens (tertiary/aromatic N) is 3. The molecule has 2 aliphatic heterocycles. The van der Waals surface area contributed by atoms with E-state index in [1.807, 2.05) is 6.07 Å². The third kappa shape index (κ3) is 3.90. The molecule has 0 bridgehead atoms. The average Bonchev–Trinajstić information content (AvgIpc) is 3.50. The number of nitrogens with one attached hydrogen (secondary N) is 1. The fourth-order valence-electron chi connectivity index (χ4n) is 4.46. The molecule has 0 aliphatic carbocycles. The monoisotopic (exact) mass is 421 g/mol. The van der Waals surface area contributed by atoms with E-state index >= 15 is 0 Å². The summed E-state index contributed by atoms with van der Waals surface area (Å²) < 4.78 is 11.4. The molecule has 2 aliphatic rings. The first-order valence-corrected chi connectivity index (χ1v) is 10.9. The van der Waals surface area contributed by atoms with Crippen LogP contribution in [0.1, 0.15) is 29.8 Å². The van der Waals surface area contributed by atoms with Crippen molar-refractivity contribution in [1.29, 1.82) is 0 Å². The van der Waals surface area contributed by atoms with E-state index in [2.05, 4.69) is 38.2 Å². The highest BCUT2D eigenvalue weighted by Crippen LogP contribution is 2.40. The lowest BCUT2D eigenvalue weighted by Crippen LogP contribution is -2.36. The predicted octanol–water partition coefficient (Wildman–Crippen LogP) is 3.26. The molecule has 0 radical (unpaired) electrons. The van der Waals surface area contributed by atoms with Crippen molar-refractivity contribution in [2.75, 3.05) is 49.2 Å². The minimum Gasteiger partial charge on any atom is -0.450 e. The van der Waals surface area contributed by atoms with Gasteiger partial charge in [-0.05, 0) is 37.5 Å². The number of aromatic nitrogens is 2. The van der Waals surface area contributed by atoms with Crippen LogP contribution in [0, 0.1) is 0 Å². The molecular formula is C23H27N5O3. The maximum Gasteiger partial charge on any atom is 0.285 e. The maximum absolute atomic E-state index is 12.2. The molecule has 0 spiro atoms. The maximum atomic E-state index is 12.2. The van der Waals surface area contributed by atoms with Crippen LogP contribution in [0.4, 0.5) is 11.4 Å². The Kier molecular flexibility index (Phi) is 5.38. The summed E-state index contributed by atoms with van der Waals surface area (Å²) in [5, 5.41) is 6.77.